The van der Waals surface area contributed by atoms with Gasteiger partial charge in [0, 0.05) is 16.9 Å². The molecular weight excluding hydrogens is 382 g/mol. The second kappa shape index (κ2) is 6.93. The number of aromatic nitrogens is 6. The number of methoxy groups -OCH3 is 1. The van der Waals surface area contributed by atoms with Crippen molar-refractivity contribution < 1.29 is 4.74 Å². The first-order valence-corrected chi connectivity index (χ1v) is 8.74. The number of hydrogen-bond acceptors (Lipinski definition) is 6. The number of ether oxygens (including phenoxy) is 1. The summed E-state index contributed by atoms with van der Waals surface area (Å²) in [6.07, 6.45) is 1.49. The SMILES string of the molecule is COc1ccc(Cl)cc1N=Cc1c(C)[nH]n(-c2ccc3nnc(C)n3n2)c1=O. The lowest BCUT2D eigenvalue weighted by atomic mass is 10.2. The number of H-pyrrole nitrogens is 1. The molecule has 3 heterocycles. The third-order valence-corrected chi connectivity index (χ3v) is 4.46. The number of halogens is 1. The van der Waals surface area contributed by atoms with Gasteiger partial charge in [0.1, 0.15) is 11.4 Å². The predicted octanol–water partition coefficient (Wildman–Crippen LogP) is 2.63. The van der Waals surface area contributed by atoms with E-state index in [0.717, 1.165) is 0 Å². The van der Waals surface area contributed by atoms with Crippen molar-refractivity contribution in [2.24, 2.45) is 4.99 Å². The Kier molecular flexibility index (Phi) is 4.44. The Morgan fingerprint density at radius 1 is 1.21 bits per heavy atom. The fraction of sp³-hybridized carbons (Fsp3) is 0.167. The Morgan fingerprint density at radius 3 is 2.82 bits per heavy atom. The number of aliphatic imine (C=N–C) groups is 1. The van der Waals surface area contributed by atoms with Gasteiger partial charge in [-0.2, -0.15) is 9.20 Å². The molecule has 28 heavy (non-hydrogen) atoms. The highest BCUT2D eigenvalue weighted by atomic mass is 35.5. The third-order valence-electron chi connectivity index (χ3n) is 4.22. The van der Waals surface area contributed by atoms with Crippen LogP contribution in [-0.4, -0.2) is 42.9 Å². The lowest BCUT2D eigenvalue weighted by Gasteiger charge is -2.03. The van der Waals surface area contributed by atoms with Crippen LogP contribution in [0.4, 0.5) is 5.69 Å². The highest BCUT2D eigenvalue weighted by molar-refractivity contribution is 6.30. The molecular formula is C18H16ClN7O2. The Bertz CT molecular complexity index is 1270. The summed E-state index contributed by atoms with van der Waals surface area (Å²) in [6, 6.07) is 8.54. The zero-order chi connectivity index (χ0) is 19.8. The molecule has 0 bridgehead atoms. The Balaban J connectivity index is 1.76. The van der Waals surface area contributed by atoms with Gasteiger partial charge in [0.05, 0.1) is 12.7 Å². The molecule has 1 N–H and O–H groups in total. The standard InChI is InChI=1S/C18H16ClN7O2/c1-10-13(9-20-14-8-12(19)4-5-15(14)28-3)18(27)26(23-10)17-7-6-16-22-21-11(2)25(16)24-17/h4-9,23H,1-3H3. The van der Waals surface area contributed by atoms with Crippen molar-refractivity contribution in [3.63, 3.8) is 0 Å². The molecule has 0 saturated carbocycles. The summed E-state index contributed by atoms with van der Waals surface area (Å²) in [4.78, 5) is 17.3. The molecule has 4 rings (SSSR count). The number of aromatic amines is 1. The minimum atomic E-state index is -0.278. The molecule has 10 heteroatoms. The molecule has 0 amide bonds. The van der Waals surface area contributed by atoms with Crippen molar-refractivity contribution in [2.45, 2.75) is 13.8 Å². The lowest BCUT2D eigenvalue weighted by molar-refractivity contribution is 0.416. The molecule has 9 nitrogen and oxygen atoms in total. The van der Waals surface area contributed by atoms with Crippen molar-refractivity contribution >= 4 is 29.2 Å². The monoisotopic (exact) mass is 397 g/mol. The topological polar surface area (TPSA) is 102 Å². The minimum absolute atomic E-state index is 0.278. The van der Waals surface area contributed by atoms with Crippen molar-refractivity contribution in [3.8, 4) is 11.6 Å². The number of fused-ring (bicyclic) bond motifs is 1. The molecule has 0 radical (unpaired) electrons. The van der Waals surface area contributed by atoms with E-state index in [1.54, 1.807) is 55.8 Å². The third kappa shape index (κ3) is 3.05. The molecule has 1 aromatic carbocycles. The van der Waals surface area contributed by atoms with Crippen LogP contribution in [0.15, 0.2) is 40.1 Å². The lowest BCUT2D eigenvalue weighted by Crippen LogP contribution is -2.19. The van der Waals surface area contributed by atoms with Crippen molar-refractivity contribution in [2.75, 3.05) is 7.11 Å². The smallest absolute Gasteiger partial charge is 0.281 e. The molecule has 0 aliphatic heterocycles. The summed E-state index contributed by atoms with van der Waals surface area (Å²) in [5, 5.41) is 15.9. The second-order valence-electron chi connectivity index (χ2n) is 6.07. The van der Waals surface area contributed by atoms with Crippen LogP contribution in [0.25, 0.3) is 11.5 Å². The average Bonchev–Trinajstić information content (AvgIpc) is 3.19. The van der Waals surface area contributed by atoms with E-state index in [1.165, 1.54) is 10.9 Å². The van der Waals surface area contributed by atoms with Crippen LogP contribution in [0.3, 0.4) is 0 Å². The van der Waals surface area contributed by atoms with E-state index in [4.69, 9.17) is 16.3 Å². The zero-order valence-corrected chi connectivity index (χ0v) is 16.1. The minimum Gasteiger partial charge on any atom is -0.494 e. The first kappa shape index (κ1) is 17.9. The van der Waals surface area contributed by atoms with Crippen LogP contribution < -0.4 is 10.3 Å². The molecule has 0 aliphatic carbocycles. The van der Waals surface area contributed by atoms with E-state index in [0.29, 0.717) is 45.0 Å². The van der Waals surface area contributed by atoms with Gasteiger partial charge in [-0.1, -0.05) is 11.6 Å². The van der Waals surface area contributed by atoms with E-state index in [9.17, 15) is 4.79 Å². The summed E-state index contributed by atoms with van der Waals surface area (Å²) < 4.78 is 8.20. The molecule has 0 saturated heterocycles. The van der Waals surface area contributed by atoms with Crippen molar-refractivity contribution in [1.29, 1.82) is 0 Å². The first-order valence-electron chi connectivity index (χ1n) is 8.36. The number of aryl methyl sites for hydroxylation is 2. The van der Waals surface area contributed by atoms with Gasteiger partial charge in [0.2, 0.25) is 0 Å². The molecule has 3 aromatic heterocycles. The van der Waals surface area contributed by atoms with Crippen LogP contribution in [0, 0.1) is 13.8 Å². The van der Waals surface area contributed by atoms with Crippen LogP contribution in [0.2, 0.25) is 5.02 Å². The fourth-order valence-corrected chi connectivity index (χ4v) is 2.94. The Labute approximate surface area is 164 Å². The van der Waals surface area contributed by atoms with Gasteiger partial charge in [0.25, 0.3) is 5.56 Å². The van der Waals surface area contributed by atoms with E-state index < -0.39 is 0 Å². The maximum atomic E-state index is 12.9. The molecule has 0 aliphatic rings. The van der Waals surface area contributed by atoms with Crippen LogP contribution >= 0.6 is 11.6 Å². The molecule has 0 atom stereocenters. The summed E-state index contributed by atoms with van der Waals surface area (Å²) in [5.74, 6) is 1.61. The Hall–Kier alpha value is -3.46. The van der Waals surface area contributed by atoms with Crippen LogP contribution in [0.1, 0.15) is 17.1 Å². The van der Waals surface area contributed by atoms with Gasteiger partial charge < -0.3 is 4.74 Å². The molecule has 4 aromatic rings. The summed E-state index contributed by atoms with van der Waals surface area (Å²) in [6.45, 7) is 3.58. The summed E-state index contributed by atoms with van der Waals surface area (Å²) in [7, 11) is 1.55. The molecule has 0 spiro atoms. The van der Waals surface area contributed by atoms with Crippen LogP contribution in [-0.2, 0) is 0 Å². The highest BCUT2D eigenvalue weighted by Crippen LogP contribution is 2.30. The number of rotatable bonds is 4. The largest absolute Gasteiger partial charge is 0.494 e. The Morgan fingerprint density at radius 2 is 2.04 bits per heavy atom. The molecule has 0 unspecified atom stereocenters. The maximum absolute atomic E-state index is 12.9. The summed E-state index contributed by atoms with van der Waals surface area (Å²) in [5.41, 5.74) is 1.91. The maximum Gasteiger partial charge on any atom is 0.281 e. The normalized spacial score (nSPS) is 11.6. The van der Waals surface area contributed by atoms with Gasteiger partial charge in [-0.05, 0) is 44.2 Å². The average molecular weight is 398 g/mol. The molecule has 0 fully saturated rings. The first-order chi connectivity index (χ1) is 13.5. The van der Waals surface area contributed by atoms with E-state index in [1.807, 2.05) is 0 Å². The quantitative estimate of drug-likeness (QED) is 0.533. The highest BCUT2D eigenvalue weighted by Gasteiger charge is 2.13. The second-order valence-corrected chi connectivity index (χ2v) is 6.51. The number of nitrogens with zero attached hydrogens (tertiary/aromatic N) is 6. The number of hydrogen-bond donors (Lipinski definition) is 1. The van der Waals surface area contributed by atoms with Gasteiger partial charge in [-0.25, -0.2) is 0 Å². The number of nitrogens with one attached hydrogen (secondary N) is 1. The van der Waals surface area contributed by atoms with Gasteiger partial charge in [-0.15, -0.1) is 15.3 Å². The zero-order valence-electron chi connectivity index (χ0n) is 15.3. The van der Waals surface area contributed by atoms with E-state index in [-0.39, 0.29) is 5.56 Å². The van der Waals surface area contributed by atoms with Gasteiger partial charge in [0.15, 0.2) is 17.3 Å². The predicted molar refractivity (Wildman–Crippen MR) is 105 cm³/mol. The van der Waals surface area contributed by atoms with Gasteiger partial charge >= 0.3 is 0 Å². The van der Waals surface area contributed by atoms with Crippen LogP contribution in [0.5, 0.6) is 5.75 Å². The number of benzene rings is 1. The van der Waals surface area contributed by atoms with Crippen molar-refractivity contribution in [3.05, 3.63) is 62.8 Å². The van der Waals surface area contributed by atoms with Crippen molar-refractivity contribution in [1.82, 2.24) is 29.6 Å². The van der Waals surface area contributed by atoms with E-state index in [2.05, 4.69) is 25.4 Å². The van der Waals surface area contributed by atoms with Gasteiger partial charge in [-0.3, -0.25) is 14.9 Å². The van der Waals surface area contributed by atoms with E-state index >= 15 is 0 Å². The summed E-state index contributed by atoms with van der Waals surface area (Å²) >= 11 is 6.03. The molecule has 142 valence electrons. The fourth-order valence-electron chi connectivity index (χ4n) is 2.78.